The molecule has 0 radical (unpaired) electrons. The van der Waals surface area contributed by atoms with Crippen LogP contribution in [0.1, 0.15) is 16.7 Å². The van der Waals surface area contributed by atoms with E-state index < -0.39 is 10.0 Å². The van der Waals surface area contributed by atoms with Crippen molar-refractivity contribution in [2.45, 2.75) is 19.2 Å². The summed E-state index contributed by atoms with van der Waals surface area (Å²) in [7, 11) is -3.35. The number of anilines is 1. The van der Waals surface area contributed by atoms with Crippen LogP contribution < -0.4 is 10.5 Å². The van der Waals surface area contributed by atoms with Gasteiger partial charge in [-0.15, -0.1) is 0 Å². The molecule has 0 aliphatic rings. The second-order valence-corrected chi connectivity index (χ2v) is 6.56. The summed E-state index contributed by atoms with van der Waals surface area (Å²) in [6.45, 7) is 2.27. The molecule has 2 aromatic rings. The monoisotopic (exact) mass is 290 g/mol. The minimum absolute atomic E-state index is 0.0425. The van der Waals surface area contributed by atoms with E-state index in [4.69, 9.17) is 5.73 Å². The molecule has 0 fully saturated rings. The van der Waals surface area contributed by atoms with Gasteiger partial charge in [-0.1, -0.05) is 36.4 Å². The van der Waals surface area contributed by atoms with Crippen molar-refractivity contribution in [2.24, 2.45) is 0 Å². The van der Waals surface area contributed by atoms with Crippen LogP contribution in [-0.4, -0.2) is 8.42 Å². The highest BCUT2D eigenvalue weighted by atomic mass is 32.2. The van der Waals surface area contributed by atoms with Crippen molar-refractivity contribution in [3.63, 3.8) is 0 Å². The normalized spacial score (nSPS) is 11.4. The van der Waals surface area contributed by atoms with E-state index in [9.17, 15) is 8.42 Å². The number of benzene rings is 2. The van der Waals surface area contributed by atoms with Gasteiger partial charge in [0.05, 0.1) is 5.75 Å². The SMILES string of the molecule is Cc1ccccc1CNS(=O)(=O)Cc1ccc(N)cc1. The van der Waals surface area contributed by atoms with E-state index in [0.717, 1.165) is 16.7 Å². The predicted octanol–water partition coefficient (Wildman–Crippen LogP) is 2.20. The molecule has 5 heteroatoms. The average Bonchev–Trinajstić information content (AvgIpc) is 2.40. The highest BCUT2D eigenvalue weighted by Gasteiger charge is 2.11. The fraction of sp³-hybridized carbons (Fsp3) is 0.200. The summed E-state index contributed by atoms with van der Waals surface area (Å²) in [4.78, 5) is 0. The largest absolute Gasteiger partial charge is 0.399 e. The van der Waals surface area contributed by atoms with Gasteiger partial charge in [0, 0.05) is 12.2 Å². The summed E-state index contributed by atoms with van der Waals surface area (Å²) in [5.74, 6) is -0.0425. The van der Waals surface area contributed by atoms with Crippen molar-refractivity contribution in [1.29, 1.82) is 0 Å². The standard InChI is InChI=1S/C15H18N2O2S/c1-12-4-2-3-5-14(12)10-17-20(18,19)11-13-6-8-15(16)9-7-13/h2-9,17H,10-11,16H2,1H3. The molecule has 0 saturated carbocycles. The fourth-order valence-corrected chi connectivity index (χ4v) is 2.99. The second-order valence-electron chi connectivity index (χ2n) is 4.75. The Morgan fingerprint density at radius 3 is 2.35 bits per heavy atom. The van der Waals surface area contributed by atoms with Crippen LogP contribution in [0.3, 0.4) is 0 Å². The second kappa shape index (κ2) is 6.07. The van der Waals surface area contributed by atoms with Crippen LogP contribution in [0.15, 0.2) is 48.5 Å². The molecule has 0 aromatic heterocycles. The maximum Gasteiger partial charge on any atom is 0.216 e. The highest BCUT2D eigenvalue weighted by Crippen LogP contribution is 2.10. The third-order valence-electron chi connectivity index (χ3n) is 3.08. The van der Waals surface area contributed by atoms with Gasteiger partial charge < -0.3 is 5.73 Å². The molecule has 0 amide bonds. The van der Waals surface area contributed by atoms with Crippen LogP contribution in [0.2, 0.25) is 0 Å². The summed E-state index contributed by atoms with van der Waals surface area (Å²) >= 11 is 0. The molecule has 4 nitrogen and oxygen atoms in total. The lowest BCUT2D eigenvalue weighted by molar-refractivity contribution is 0.580. The number of nitrogen functional groups attached to an aromatic ring is 1. The molecule has 0 heterocycles. The third-order valence-corrected chi connectivity index (χ3v) is 4.38. The van der Waals surface area contributed by atoms with Gasteiger partial charge in [0.2, 0.25) is 10.0 Å². The van der Waals surface area contributed by atoms with E-state index in [1.807, 2.05) is 31.2 Å². The zero-order valence-corrected chi connectivity index (χ0v) is 12.2. The smallest absolute Gasteiger partial charge is 0.216 e. The van der Waals surface area contributed by atoms with E-state index in [-0.39, 0.29) is 5.75 Å². The summed E-state index contributed by atoms with van der Waals surface area (Å²) in [5.41, 5.74) is 8.97. The van der Waals surface area contributed by atoms with Gasteiger partial charge in [-0.2, -0.15) is 0 Å². The zero-order chi connectivity index (χ0) is 14.6. The van der Waals surface area contributed by atoms with Crippen LogP contribution >= 0.6 is 0 Å². The van der Waals surface area contributed by atoms with Crippen LogP contribution in [0.4, 0.5) is 5.69 Å². The van der Waals surface area contributed by atoms with E-state index in [2.05, 4.69) is 4.72 Å². The first-order chi connectivity index (χ1) is 9.46. The van der Waals surface area contributed by atoms with Gasteiger partial charge in [-0.3, -0.25) is 0 Å². The quantitative estimate of drug-likeness (QED) is 0.829. The summed E-state index contributed by atoms with van der Waals surface area (Å²) in [5, 5.41) is 0. The number of nitrogens with two attached hydrogens (primary N) is 1. The molecule has 2 aromatic carbocycles. The predicted molar refractivity (Wildman–Crippen MR) is 81.5 cm³/mol. The van der Waals surface area contributed by atoms with Crippen molar-refractivity contribution in [3.05, 3.63) is 65.2 Å². The molecule has 0 aliphatic carbocycles. The van der Waals surface area contributed by atoms with Gasteiger partial charge in [-0.05, 0) is 35.7 Å². The molecule has 0 spiro atoms. The molecule has 0 unspecified atom stereocenters. The molecule has 0 atom stereocenters. The van der Waals surface area contributed by atoms with Gasteiger partial charge in [0.1, 0.15) is 0 Å². The van der Waals surface area contributed by atoms with Gasteiger partial charge in [0.25, 0.3) is 0 Å². The third kappa shape index (κ3) is 4.08. The first kappa shape index (κ1) is 14.6. The minimum atomic E-state index is -3.35. The van der Waals surface area contributed by atoms with Gasteiger partial charge in [-0.25, -0.2) is 13.1 Å². The van der Waals surface area contributed by atoms with Crippen molar-refractivity contribution in [1.82, 2.24) is 4.72 Å². The Balaban J connectivity index is 2.01. The van der Waals surface area contributed by atoms with Crippen LogP contribution in [0, 0.1) is 6.92 Å². The van der Waals surface area contributed by atoms with Crippen molar-refractivity contribution in [3.8, 4) is 0 Å². The number of nitrogens with one attached hydrogen (secondary N) is 1. The number of sulfonamides is 1. The molecule has 2 rings (SSSR count). The lowest BCUT2D eigenvalue weighted by Gasteiger charge is -2.09. The van der Waals surface area contributed by atoms with Gasteiger partial charge >= 0.3 is 0 Å². The fourth-order valence-electron chi connectivity index (χ4n) is 1.88. The molecular weight excluding hydrogens is 272 g/mol. The topological polar surface area (TPSA) is 72.2 Å². The first-order valence-electron chi connectivity index (χ1n) is 6.32. The Morgan fingerprint density at radius 1 is 1.05 bits per heavy atom. The zero-order valence-electron chi connectivity index (χ0n) is 11.3. The number of hydrogen-bond donors (Lipinski definition) is 2. The van der Waals surface area contributed by atoms with Crippen LogP contribution in [0.5, 0.6) is 0 Å². The van der Waals surface area contributed by atoms with Crippen LogP contribution in [0.25, 0.3) is 0 Å². The lowest BCUT2D eigenvalue weighted by Crippen LogP contribution is -2.25. The summed E-state index contributed by atoms with van der Waals surface area (Å²) in [6.07, 6.45) is 0. The number of rotatable bonds is 5. The molecular formula is C15H18N2O2S. The van der Waals surface area contributed by atoms with Gasteiger partial charge in [0.15, 0.2) is 0 Å². The van der Waals surface area contributed by atoms with E-state index in [1.165, 1.54) is 0 Å². The maximum absolute atomic E-state index is 12.0. The minimum Gasteiger partial charge on any atom is -0.399 e. The van der Waals surface area contributed by atoms with Crippen molar-refractivity contribution < 1.29 is 8.42 Å². The summed E-state index contributed by atoms with van der Waals surface area (Å²) in [6, 6.07) is 14.6. The molecule has 0 bridgehead atoms. The molecule has 0 aliphatic heterocycles. The van der Waals surface area contributed by atoms with Crippen molar-refractivity contribution in [2.75, 3.05) is 5.73 Å². The van der Waals surface area contributed by atoms with Crippen molar-refractivity contribution >= 4 is 15.7 Å². The average molecular weight is 290 g/mol. The Hall–Kier alpha value is -1.85. The lowest BCUT2D eigenvalue weighted by atomic mass is 10.1. The maximum atomic E-state index is 12.0. The molecule has 20 heavy (non-hydrogen) atoms. The van der Waals surface area contributed by atoms with E-state index >= 15 is 0 Å². The van der Waals surface area contributed by atoms with Crippen LogP contribution in [-0.2, 0) is 22.3 Å². The van der Waals surface area contributed by atoms with E-state index in [0.29, 0.717) is 12.2 Å². The van der Waals surface area contributed by atoms with E-state index in [1.54, 1.807) is 24.3 Å². The highest BCUT2D eigenvalue weighted by molar-refractivity contribution is 7.88. The molecule has 3 N–H and O–H groups in total. The number of hydrogen-bond acceptors (Lipinski definition) is 3. The molecule has 106 valence electrons. The Kier molecular flexibility index (Phi) is 4.42. The Bertz CT molecular complexity index is 679. The molecule has 0 saturated heterocycles. The summed E-state index contributed by atoms with van der Waals surface area (Å²) < 4.78 is 26.7. The number of aryl methyl sites for hydroxylation is 1. The Labute approximate surface area is 119 Å². The first-order valence-corrected chi connectivity index (χ1v) is 7.98. The Morgan fingerprint density at radius 2 is 1.70 bits per heavy atom.